The van der Waals surface area contributed by atoms with Crippen LogP contribution in [0.2, 0.25) is 0 Å². The molecule has 0 spiro atoms. The minimum atomic E-state index is -0.788. The van der Waals surface area contributed by atoms with Crippen molar-refractivity contribution < 1.29 is 4.39 Å². The highest BCUT2D eigenvalue weighted by molar-refractivity contribution is 5.88. The van der Waals surface area contributed by atoms with Crippen LogP contribution in [0.25, 0.3) is 27.5 Å². The van der Waals surface area contributed by atoms with E-state index in [2.05, 4.69) is 15.1 Å². The fraction of sp³-hybridized carbons (Fsp3) is 0.130. The summed E-state index contributed by atoms with van der Waals surface area (Å²) in [4.78, 5) is 21.7. The molecule has 0 bridgehead atoms. The van der Waals surface area contributed by atoms with E-state index in [0.717, 1.165) is 16.6 Å². The van der Waals surface area contributed by atoms with Gasteiger partial charge < -0.3 is 5.73 Å². The number of nitrogens with two attached hydrogens (primary N) is 1. The molecule has 3 heterocycles. The predicted molar refractivity (Wildman–Crippen MR) is 118 cm³/mol. The van der Waals surface area contributed by atoms with Crippen LogP contribution in [0.1, 0.15) is 17.0 Å². The number of benzene rings is 2. The Labute approximate surface area is 176 Å². The molecule has 3 aromatic heterocycles. The van der Waals surface area contributed by atoms with Crippen molar-refractivity contribution in [2.24, 2.45) is 0 Å². The van der Waals surface area contributed by atoms with Gasteiger partial charge in [0.15, 0.2) is 5.65 Å². The van der Waals surface area contributed by atoms with Crippen molar-refractivity contribution in [1.29, 1.82) is 0 Å². The van der Waals surface area contributed by atoms with Crippen molar-refractivity contribution >= 4 is 27.6 Å². The fourth-order valence-corrected chi connectivity index (χ4v) is 3.97. The molecule has 0 radical (unpaired) electrons. The van der Waals surface area contributed by atoms with Crippen LogP contribution >= 0.6 is 0 Å². The van der Waals surface area contributed by atoms with Gasteiger partial charge in [-0.3, -0.25) is 9.36 Å². The second-order valence-electron chi connectivity index (χ2n) is 7.35. The molecule has 0 unspecified atom stereocenters. The summed E-state index contributed by atoms with van der Waals surface area (Å²) in [5.41, 5.74) is 8.88. The summed E-state index contributed by atoms with van der Waals surface area (Å²) in [5.74, 6) is 0.179. The normalized spacial score (nSPS) is 11.4. The Morgan fingerprint density at radius 1 is 1.06 bits per heavy atom. The number of aromatic nitrogens is 5. The fourth-order valence-electron chi connectivity index (χ4n) is 3.97. The second-order valence-corrected chi connectivity index (χ2v) is 7.35. The van der Waals surface area contributed by atoms with Gasteiger partial charge in [0.25, 0.3) is 5.56 Å². The van der Waals surface area contributed by atoms with Crippen molar-refractivity contribution in [3.63, 3.8) is 0 Å². The SMILES string of the molecule is Cc1ccccc1-n1c(Cn2nc(CF)c3c(N)ncnc32)cc2ccccc2c1=O. The highest BCUT2D eigenvalue weighted by Crippen LogP contribution is 2.24. The molecule has 7 nitrogen and oxygen atoms in total. The second kappa shape index (κ2) is 7.32. The number of halogens is 1. The van der Waals surface area contributed by atoms with Gasteiger partial charge in [-0.1, -0.05) is 36.4 Å². The molecule has 0 fully saturated rings. The van der Waals surface area contributed by atoms with Gasteiger partial charge in [-0.2, -0.15) is 5.10 Å². The van der Waals surface area contributed by atoms with Crippen LogP contribution in [-0.2, 0) is 13.2 Å². The Bertz CT molecular complexity index is 1500. The molecule has 5 rings (SSSR count). The molecular weight excluding hydrogens is 395 g/mol. The quantitative estimate of drug-likeness (QED) is 0.486. The topological polar surface area (TPSA) is 91.6 Å². The van der Waals surface area contributed by atoms with E-state index in [0.29, 0.717) is 22.1 Å². The van der Waals surface area contributed by atoms with E-state index in [9.17, 15) is 9.18 Å². The Morgan fingerprint density at radius 3 is 2.65 bits per heavy atom. The van der Waals surface area contributed by atoms with Crippen molar-refractivity contribution in [1.82, 2.24) is 24.3 Å². The number of hydrogen-bond acceptors (Lipinski definition) is 5. The molecule has 0 aliphatic rings. The van der Waals surface area contributed by atoms with Gasteiger partial charge in [0, 0.05) is 11.1 Å². The number of rotatable bonds is 4. The van der Waals surface area contributed by atoms with Gasteiger partial charge in [0.1, 0.15) is 24.5 Å². The van der Waals surface area contributed by atoms with Gasteiger partial charge in [0.05, 0.1) is 17.6 Å². The first kappa shape index (κ1) is 18.9. The third-order valence-electron chi connectivity index (χ3n) is 5.43. The summed E-state index contributed by atoms with van der Waals surface area (Å²) in [7, 11) is 0. The average molecular weight is 414 g/mol. The number of nitrogen functional groups attached to an aromatic ring is 1. The summed E-state index contributed by atoms with van der Waals surface area (Å²) in [6.45, 7) is 1.38. The van der Waals surface area contributed by atoms with Crippen molar-refractivity contribution in [2.45, 2.75) is 20.1 Å². The minimum absolute atomic E-state index is 0.126. The molecule has 2 aromatic carbocycles. The van der Waals surface area contributed by atoms with Crippen LogP contribution in [0.3, 0.4) is 0 Å². The highest BCUT2D eigenvalue weighted by Gasteiger charge is 2.18. The molecule has 0 saturated heterocycles. The van der Waals surface area contributed by atoms with E-state index in [-0.39, 0.29) is 23.6 Å². The number of nitrogens with zero attached hydrogens (tertiary/aromatic N) is 5. The largest absolute Gasteiger partial charge is 0.383 e. The lowest BCUT2D eigenvalue weighted by Gasteiger charge is -2.17. The lowest BCUT2D eigenvalue weighted by atomic mass is 10.1. The van der Waals surface area contributed by atoms with Gasteiger partial charge in [-0.15, -0.1) is 0 Å². The molecule has 0 atom stereocenters. The molecule has 0 saturated carbocycles. The summed E-state index contributed by atoms with van der Waals surface area (Å²) in [6.07, 6.45) is 1.33. The lowest BCUT2D eigenvalue weighted by molar-refractivity contribution is 0.471. The molecule has 5 aromatic rings. The molecule has 0 amide bonds. The van der Waals surface area contributed by atoms with E-state index < -0.39 is 6.67 Å². The number of anilines is 1. The Morgan fingerprint density at radius 2 is 1.84 bits per heavy atom. The van der Waals surface area contributed by atoms with Crippen molar-refractivity contribution in [3.05, 3.63) is 88.2 Å². The number of hydrogen-bond donors (Lipinski definition) is 1. The monoisotopic (exact) mass is 414 g/mol. The highest BCUT2D eigenvalue weighted by atomic mass is 19.1. The van der Waals surface area contributed by atoms with E-state index in [1.165, 1.54) is 6.33 Å². The molecule has 31 heavy (non-hydrogen) atoms. The van der Waals surface area contributed by atoms with Crippen LogP contribution in [0.4, 0.5) is 10.2 Å². The third kappa shape index (κ3) is 3.04. The van der Waals surface area contributed by atoms with Crippen LogP contribution in [-0.4, -0.2) is 24.3 Å². The average Bonchev–Trinajstić information content (AvgIpc) is 3.14. The predicted octanol–water partition coefficient (Wildman–Crippen LogP) is 3.54. The zero-order valence-corrected chi connectivity index (χ0v) is 16.8. The molecule has 154 valence electrons. The minimum Gasteiger partial charge on any atom is -0.383 e. The first-order valence-electron chi connectivity index (χ1n) is 9.80. The van der Waals surface area contributed by atoms with E-state index in [1.807, 2.05) is 61.5 Å². The van der Waals surface area contributed by atoms with Crippen LogP contribution in [0.15, 0.2) is 65.7 Å². The maximum absolute atomic E-state index is 13.6. The van der Waals surface area contributed by atoms with E-state index >= 15 is 0 Å². The van der Waals surface area contributed by atoms with Crippen molar-refractivity contribution in [2.75, 3.05) is 5.73 Å². The van der Waals surface area contributed by atoms with Gasteiger partial charge in [-0.05, 0) is 36.1 Å². The maximum Gasteiger partial charge on any atom is 0.263 e. The first-order chi connectivity index (χ1) is 15.1. The van der Waals surface area contributed by atoms with E-state index in [4.69, 9.17) is 5.73 Å². The summed E-state index contributed by atoms with van der Waals surface area (Å²) in [6, 6.07) is 17.1. The van der Waals surface area contributed by atoms with Crippen LogP contribution < -0.4 is 11.3 Å². The standard InChI is InChI=1S/C23H19FN6O/c1-14-6-2-5-9-19(14)30-16(10-15-7-3-4-8-17(15)23(30)31)12-29-22-20(18(11-24)28-29)21(25)26-13-27-22/h2-10,13H,11-12H2,1H3,(H2,25,26,27). The zero-order chi connectivity index (χ0) is 21.5. The first-order valence-corrected chi connectivity index (χ1v) is 9.80. The Hall–Kier alpha value is -4.07. The van der Waals surface area contributed by atoms with Crippen molar-refractivity contribution in [3.8, 4) is 5.69 Å². The van der Waals surface area contributed by atoms with Gasteiger partial charge in [0.2, 0.25) is 0 Å². The number of aryl methyl sites for hydroxylation is 1. The number of alkyl halides is 1. The lowest BCUT2D eigenvalue weighted by Crippen LogP contribution is -2.24. The van der Waals surface area contributed by atoms with Crippen LogP contribution in [0.5, 0.6) is 0 Å². The number of para-hydroxylation sites is 1. The molecule has 0 aliphatic carbocycles. The summed E-state index contributed by atoms with van der Waals surface area (Å²) in [5, 5.41) is 6.22. The summed E-state index contributed by atoms with van der Waals surface area (Å²) >= 11 is 0. The molecule has 0 aliphatic heterocycles. The molecule has 8 heteroatoms. The number of fused-ring (bicyclic) bond motifs is 2. The third-order valence-corrected chi connectivity index (χ3v) is 5.43. The van der Waals surface area contributed by atoms with E-state index in [1.54, 1.807) is 9.25 Å². The molecule has 2 N–H and O–H groups in total. The Balaban J connectivity index is 1.79. The number of pyridine rings is 1. The van der Waals surface area contributed by atoms with Crippen LogP contribution in [0, 0.1) is 6.92 Å². The van der Waals surface area contributed by atoms with Gasteiger partial charge >= 0.3 is 0 Å². The maximum atomic E-state index is 13.6. The molecular formula is C23H19FN6O. The smallest absolute Gasteiger partial charge is 0.263 e. The van der Waals surface area contributed by atoms with Gasteiger partial charge in [-0.25, -0.2) is 19.0 Å². The zero-order valence-electron chi connectivity index (χ0n) is 16.8. The Kier molecular flexibility index (Phi) is 4.47. The summed E-state index contributed by atoms with van der Waals surface area (Å²) < 4.78 is 16.9.